The number of carbonyl (C=O) groups is 2. The smallest absolute Gasteiger partial charge is 0.217 e. The molecule has 0 bridgehead atoms. The summed E-state index contributed by atoms with van der Waals surface area (Å²) in [5, 5.41) is 9.21. The van der Waals surface area contributed by atoms with E-state index in [0.717, 1.165) is 0 Å². The van der Waals surface area contributed by atoms with E-state index in [2.05, 4.69) is 10.2 Å². The fourth-order valence-electron chi connectivity index (χ4n) is 2.22. The van der Waals surface area contributed by atoms with Gasteiger partial charge in [0.25, 0.3) is 0 Å². The van der Waals surface area contributed by atoms with Gasteiger partial charge in [-0.1, -0.05) is 23.4 Å². The highest BCUT2D eigenvalue weighted by Gasteiger charge is 2.15. The second-order valence-electron chi connectivity index (χ2n) is 5.17. The van der Waals surface area contributed by atoms with Crippen molar-refractivity contribution in [3.63, 3.8) is 0 Å². The number of benzene rings is 1. The molecule has 0 saturated carbocycles. The minimum absolute atomic E-state index is 0.0705. The predicted octanol–water partition coefficient (Wildman–Crippen LogP) is 2.35. The third-order valence-corrected chi connectivity index (χ3v) is 4.77. The number of ketones is 1. The molecule has 0 unspecified atom stereocenters. The van der Waals surface area contributed by atoms with Gasteiger partial charge in [-0.3, -0.25) is 9.59 Å². The zero-order valence-electron chi connectivity index (χ0n) is 14.0. The number of ether oxygens (including phenoxy) is 1. The van der Waals surface area contributed by atoms with E-state index in [1.807, 2.05) is 11.5 Å². The Morgan fingerprint density at radius 2 is 2.12 bits per heavy atom. The van der Waals surface area contributed by atoms with Gasteiger partial charge in [-0.15, -0.1) is 10.2 Å². The van der Waals surface area contributed by atoms with Crippen LogP contribution in [0, 0.1) is 0 Å². The summed E-state index contributed by atoms with van der Waals surface area (Å²) < 4.78 is 6.96. The molecule has 1 amide bonds. The SMILES string of the molecule is CCn1c(CCC(N)=O)nnc1SCC(=O)c1ccc(OC)c(Cl)c1. The summed E-state index contributed by atoms with van der Waals surface area (Å²) in [6.45, 7) is 2.60. The number of aromatic nitrogens is 3. The maximum absolute atomic E-state index is 12.4. The first-order chi connectivity index (χ1) is 12.0. The van der Waals surface area contributed by atoms with Crippen molar-refractivity contribution in [3.8, 4) is 5.75 Å². The lowest BCUT2D eigenvalue weighted by Crippen LogP contribution is -2.13. The standard InChI is InChI=1S/C16H19ClN4O3S/c1-3-21-15(7-6-14(18)23)19-20-16(21)25-9-12(22)10-4-5-13(24-2)11(17)8-10/h4-5,8H,3,6-7,9H2,1-2H3,(H2,18,23). The van der Waals surface area contributed by atoms with Gasteiger partial charge in [-0.2, -0.15) is 0 Å². The molecule has 0 spiro atoms. The highest BCUT2D eigenvalue weighted by atomic mass is 35.5. The predicted molar refractivity (Wildman–Crippen MR) is 96.3 cm³/mol. The summed E-state index contributed by atoms with van der Waals surface area (Å²) in [7, 11) is 1.52. The number of hydrogen-bond donors (Lipinski definition) is 1. The molecular formula is C16H19ClN4O3S. The molecule has 2 aromatic rings. The summed E-state index contributed by atoms with van der Waals surface area (Å²) in [6.07, 6.45) is 0.644. The number of halogens is 1. The lowest BCUT2D eigenvalue weighted by Gasteiger charge is -2.07. The van der Waals surface area contributed by atoms with E-state index >= 15 is 0 Å². The van der Waals surface area contributed by atoms with Crippen molar-refractivity contribution in [3.05, 3.63) is 34.6 Å². The van der Waals surface area contributed by atoms with E-state index in [0.29, 0.717) is 40.3 Å². The Bertz CT molecular complexity index is 779. The van der Waals surface area contributed by atoms with Gasteiger partial charge in [0.1, 0.15) is 11.6 Å². The first-order valence-electron chi connectivity index (χ1n) is 7.66. The molecular weight excluding hydrogens is 364 g/mol. The van der Waals surface area contributed by atoms with Crippen molar-refractivity contribution in [2.45, 2.75) is 31.5 Å². The van der Waals surface area contributed by atoms with Gasteiger partial charge in [0.15, 0.2) is 10.9 Å². The topological polar surface area (TPSA) is 100 Å². The second-order valence-corrected chi connectivity index (χ2v) is 6.52. The number of carbonyl (C=O) groups excluding carboxylic acids is 2. The third kappa shape index (κ3) is 4.96. The van der Waals surface area contributed by atoms with Gasteiger partial charge < -0.3 is 15.0 Å². The molecule has 0 saturated heterocycles. The highest BCUT2D eigenvalue weighted by Crippen LogP contribution is 2.26. The van der Waals surface area contributed by atoms with Crippen LogP contribution in [0.1, 0.15) is 29.5 Å². The van der Waals surface area contributed by atoms with Gasteiger partial charge >= 0.3 is 0 Å². The zero-order valence-corrected chi connectivity index (χ0v) is 15.6. The molecule has 7 nitrogen and oxygen atoms in total. The Morgan fingerprint density at radius 1 is 1.36 bits per heavy atom. The van der Waals surface area contributed by atoms with E-state index in [4.69, 9.17) is 22.1 Å². The molecule has 0 aliphatic carbocycles. The molecule has 1 aromatic heterocycles. The molecule has 0 aliphatic heterocycles. The van der Waals surface area contributed by atoms with E-state index < -0.39 is 0 Å². The fourth-order valence-corrected chi connectivity index (χ4v) is 3.39. The minimum Gasteiger partial charge on any atom is -0.495 e. The van der Waals surface area contributed by atoms with Crippen molar-refractivity contribution in [1.82, 2.24) is 14.8 Å². The molecule has 0 fully saturated rings. The Morgan fingerprint density at radius 3 is 2.72 bits per heavy atom. The van der Waals surface area contributed by atoms with Crippen molar-refractivity contribution >= 4 is 35.1 Å². The number of hydrogen-bond acceptors (Lipinski definition) is 6. The van der Waals surface area contributed by atoms with Gasteiger partial charge in [-0.05, 0) is 25.1 Å². The number of nitrogens with two attached hydrogens (primary N) is 1. The zero-order chi connectivity index (χ0) is 18.4. The van der Waals surface area contributed by atoms with Gasteiger partial charge in [0.05, 0.1) is 17.9 Å². The number of rotatable bonds is 9. The van der Waals surface area contributed by atoms with E-state index in [1.165, 1.54) is 18.9 Å². The van der Waals surface area contributed by atoms with Crippen LogP contribution in [0.15, 0.2) is 23.4 Å². The molecule has 0 atom stereocenters. The largest absolute Gasteiger partial charge is 0.495 e. The first-order valence-corrected chi connectivity index (χ1v) is 9.02. The molecule has 1 aromatic carbocycles. The van der Waals surface area contributed by atoms with E-state index in [-0.39, 0.29) is 23.9 Å². The number of thioether (sulfide) groups is 1. The minimum atomic E-state index is -0.383. The average Bonchev–Trinajstić information content (AvgIpc) is 2.99. The summed E-state index contributed by atoms with van der Waals surface area (Å²) in [5.41, 5.74) is 5.68. The molecule has 134 valence electrons. The number of amides is 1. The van der Waals surface area contributed by atoms with Gasteiger partial charge in [0.2, 0.25) is 5.91 Å². The van der Waals surface area contributed by atoms with Crippen LogP contribution >= 0.6 is 23.4 Å². The van der Waals surface area contributed by atoms with Crippen LogP contribution in [-0.4, -0.2) is 39.3 Å². The Kier molecular flexibility index (Phi) is 6.83. The summed E-state index contributed by atoms with van der Waals surface area (Å²) in [5.74, 6) is 0.959. The maximum Gasteiger partial charge on any atom is 0.217 e. The molecule has 2 rings (SSSR count). The third-order valence-electron chi connectivity index (χ3n) is 3.51. The average molecular weight is 383 g/mol. The van der Waals surface area contributed by atoms with Crippen molar-refractivity contribution in [1.29, 1.82) is 0 Å². The number of methoxy groups -OCH3 is 1. The van der Waals surface area contributed by atoms with E-state index in [9.17, 15) is 9.59 Å². The maximum atomic E-state index is 12.4. The van der Waals surface area contributed by atoms with Crippen LogP contribution in [0.2, 0.25) is 5.02 Å². The molecule has 2 N–H and O–H groups in total. The molecule has 25 heavy (non-hydrogen) atoms. The molecule has 1 heterocycles. The first kappa shape index (κ1) is 19.3. The van der Waals surface area contributed by atoms with Gasteiger partial charge in [-0.25, -0.2) is 0 Å². The van der Waals surface area contributed by atoms with Crippen LogP contribution < -0.4 is 10.5 Å². The molecule has 0 radical (unpaired) electrons. The summed E-state index contributed by atoms with van der Waals surface area (Å²) in [6, 6.07) is 4.93. The Hall–Kier alpha value is -2.06. The number of Topliss-reactive ketones (excluding diaryl/α,β-unsaturated/α-hetero) is 1. The van der Waals surface area contributed by atoms with Crippen molar-refractivity contribution in [2.75, 3.05) is 12.9 Å². The molecule has 0 aliphatic rings. The fraction of sp³-hybridized carbons (Fsp3) is 0.375. The number of primary amides is 1. The van der Waals surface area contributed by atoms with Crippen LogP contribution in [0.3, 0.4) is 0 Å². The lowest BCUT2D eigenvalue weighted by atomic mass is 10.1. The summed E-state index contributed by atoms with van der Waals surface area (Å²) in [4.78, 5) is 23.3. The van der Waals surface area contributed by atoms with E-state index in [1.54, 1.807) is 18.2 Å². The van der Waals surface area contributed by atoms with Crippen molar-refractivity contribution < 1.29 is 14.3 Å². The van der Waals surface area contributed by atoms with Crippen LogP contribution in [0.5, 0.6) is 5.75 Å². The monoisotopic (exact) mass is 382 g/mol. The number of nitrogens with zero attached hydrogens (tertiary/aromatic N) is 3. The number of aryl methyl sites for hydroxylation is 1. The Balaban J connectivity index is 2.04. The van der Waals surface area contributed by atoms with Gasteiger partial charge in [0, 0.05) is 24.9 Å². The summed E-state index contributed by atoms with van der Waals surface area (Å²) >= 11 is 7.35. The molecule has 9 heteroatoms. The second kappa shape index (κ2) is 8.87. The van der Waals surface area contributed by atoms with Crippen molar-refractivity contribution in [2.24, 2.45) is 5.73 Å². The lowest BCUT2D eigenvalue weighted by molar-refractivity contribution is -0.118. The Labute approximate surface area is 154 Å². The quantitative estimate of drug-likeness (QED) is 0.527. The van der Waals surface area contributed by atoms with Crippen LogP contribution in [-0.2, 0) is 17.8 Å². The highest BCUT2D eigenvalue weighted by molar-refractivity contribution is 7.99. The van der Waals surface area contributed by atoms with Crippen LogP contribution in [0.4, 0.5) is 0 Å². The normalized spacial score (nSPS) is 10.7. The van der Waals surface area contributed by atoms with Crippen LogP contribution in [0.25, 0.3) is 0 Å².